The van der Waals surface area contributed by atoms with Gasteiger partial charge in [-0.3, -0.25) is 9.88 Å². The molecule has 0 aliphatic heterocycles. The number of aliphatic hydroxyl groups excluding tert-OH is 1. The minimum absolute atomic E-state index is 0.0548. The molecule has 6 nitrogen and oxygen atoms in total. The van der Waals surface area contributed by atoms with Gasteiger partial charge in [-0.2, -0.15) is 0 Å². The van der Waals surface area contributed by atoms with E-state index in [0.717, 1.165) is 12.0 Å². The van der Waals surface area contributed by atoms with Gasteiger partial charge in [0, 0.05) is 31.9 Å². The van der Waals surface area contributed by atoms with Crippen molar-refractivity contribution >= 4 is 0 Å². The van der Waals surface area contributed by atoms with Crippen LogP contribution in [0.5, 0.6) is 0 Å². The summed E-state index contributed by atoms with van der Waals surface area (Å²) in [6.07, 6.45) is 4.36. The quantitative estimate of drug-likeness (QED) is 0.806. The van der Waals surface area contributed by atoms with Gasteiger partial charge < -0.3 is 9.52 Å². The van der Waals surface area contributed by atoms with E-state index in [2.05, 4.69) is 33.9 Å². The molecule has 2 rings (SSSR count). The molecule has 2 aromatic heterocycles. The van der Waals surface area contributed by atoms with Crippen LogP contribution in [-0.4, -0.2) is 38.3 Å². The van der Waals surface area contributed by atoms with Crippen LogP contribution in [0.1, 0.15) is 44.2 Å². The fraction of sp³-hybridized carbons (Fsp3) is 0.562. The van der Waals surface area contributed by atoms with Crippen LogP contribution < -0.4 is 0 Å². The molecular weight excluding hydrogens is 280 g/mol. The van der Waals surface area contributed by atoms with E-state index in [-0.39, 0.29) is 12.6 Å². The van der Waals surface area contributed by atoms with Crippen molar-refractivity contribution < 1.29 is 9.52 Å². The van der Waals surface area contributed by atoms with Crippen LogP contribution in [0.4, 0.5) is 0 Å². The molecule has 0 bridgehead atoms. The van der Waals surface area contributed by atoms with Crippen molar-refractivity contribution in [1.82, 2.24) is 20.1 Å². The highest BCUT2D eigenvalue weighted by Crippen LogP contribution is 2.21. The summed E-state index contributed by atoms with van der Waals surface area (Å²) in [7, 11) is 0. The first-order valence-corrected chi connectivity index (χ1v) is 7.66. The van der Waals surface area contributed by atoms with Gasteiger partial charge in [-0.1, -0.05) is 19.9 Å². The topological polar surface area (TPSA) is 75.3 Å². The van der Waals surface area contributed by atoms with Crippen molar-refractivity contribution in [3.8, 4) is 0 Å². The van der Waals surface area contributed by atoms with Crippen molar-refractivity contribution in [3.63, 3.8) is 0 Å². The van der Waals surface area contributed by atoms with Crippen LogP contribution in [0.3, 0.4) is 0 Å². The fourth-order valence-electron chi connectivity index (χ4n) is 2.29. The lowest BCUT2D eigenvalue weighted by atomic mass is 10.1. The second kappa shape index (κ2) is 8.00. The molecule has 1 N–H and O–H groups in total. The summed E-state index contributed by atoms with van der Waals surface area (Å²) in [5, 5.41) is 17.6. The molecular formula is C16H24N4O2. The van der Waals surface area contributed by atoms with Gasteiger partial charge in [-0.25, -0.2) is 0 Å². The minimum Gasteiger partial charge on any atom is -0.424 e. The lowest BCUT2D eigenvalue weighted by Crippen LogP contribution is -2.29. The van der Waals surface area contributed by atoms with Gasteiger partial charge in [0.05, 0.1) is 12.6 Å². The lowest BCUT2D eigenvalue weighted by molar-refractivity contribution is 0.134. The number of nitrogens with zero attached hydrogens (tertiary/aromatic N) is 4. The summed E-state index contributed by atoms with van der Waals surface area (Å²) in [5.74, 6) is 1.74. The molecule has 120 valence electrons. The fourth-order valence-corrected chi connectivity index (χ4v) is 2.29. The molecule has 22 heavy (non-hydrogen) atoms. The molecule has 6 heteroatoms. The molecule has 0 aromatic carbocycles. The van der Waals surface area contributed by atoms with Crippen molar-refractivity contribution in [1.29, 1.82) is 0 Å². The highest BCUT2D eigenvalue weighted by atomic mass is 16.4. The van der Waals surface area contributed by atoms with E-state index < -0.39 is 0 Å². The van der Waals surface area contributed by atoms with Gasteiger partial charge in [0.2, 0.25) is 11.8 Å². The molecule has 0 aliphatic carbocycles. The summed E-state index contributed by atoms with van der Waals surface area (Å²) in [5.41, 5.74) is 1.09. The Morgan fingerprint density at radius 2 is 2.09 bits per heavy atom. The van der Waals surface area contributed by atoms with Crippen molar-refractivity contribution in [2.24, 2.45) is 5.92 Å². The summed E-state index contributed by atoms with van der Waals surface area (Å²) < 4.78 is 5.76. The average Bonchev–Trinajstić information content (AvgIpc) is 2.95. The van der Waals surface area contributed by atoms with Crippen molar-refractivity contribution in [3.05, 3.63) is 41.9 Å². The molecule has 0 saturated heterocycles. The van der Waals surface area contributed by atoms with Gasteiger partial charge >= 0.3 is 0 Å². The summed E-state index contributed by atoms with van der Waals surface area (Å²) >= 11 is 0. The summed E-state index contributed by atoms with van der Waals surface area (Å²) in [6.45, 7) is 7.55. The van der Waals surface area contributed by atoms with E-state index in [1.165, 1.54) is 0 Å². The Morgan fingerprint density at radius 3 is 2.73 bits per heavy atom. The maximum Gasteiger partial charge on any atom is 0.233 e. The zero-order valence-corrected chi connectivity index (χ0v) is 13.4. The molecule has 2 heterocycles. The molecule has 0 spiro atoms. The number of aliphatic hydroxyl groups is 1. The smallest absolute Gasteiger partial charge is 0.233 e. The van der Waals surface area contributed by atoms with E-state index in [4.69, 9.17) is 4.42 Å². The Bertz CT molecular complexity index is 556. The van der Waals surface area contributed by atoms with Crippen molar-refractivity contribution in [2.45, 2.75) is 39.8 Å². The zero-order valence-electron chi connectivity index (χ0n) is 13.4. The predicted octanol–water partition coefficient (Wildman–Crippen LogP) is 2.22. The molecule has 0 aliphatic rings. The summed E-state index contributed by atoms with van der Waals surface area (Å²) in [4.78, 5) is 6.23. The van der Waals surface area contributed by atoms with E-state index in [1.807, 2.05) is 25.3 Å². The maximum atomic E-state index is 9.31. The predicted molar refractivity (Wildman–Crippen MR) is 83.0 cm³/mol. The first kappa shape index (κ1) is 16.6. The molecule has 0 amide bonds. The summed E-state index contributed by atoms with van der Waals surface area (Å²) in [6, 6.07) is 3.87. The highest BCUT2D eigenvalue weighted by molar-refractivity contribution is 5.08. The average molecular weight is 304 g/mol. The van der Waals surface area contributed by atoms with Gasteiger partial charge in [0.15, 0.2) is 0 Å². The Kier molecular flexibility index (Phi) is 6.03. The van der Waals surface area contributed by atoms with Crippen molar-refractivity contribution in [2.75, 3.05) is 13.2 Å². The minimum atomic E-state index is -0.0548. The van der Waals surface area contributed by atoms with Crippen LogP contribution >= 0.6 is 0 Å². The standard InChI is InChI=1S/C16H24N4O2/c1-12(2)9-15-18-19-16(22-15)13(3)20(7-8-21)11-14-5-4-6-17-10-14/h4-6,10,12-13,21H,7-9,11H2,1-3H3. The third-order valence-corrected chi connectivity index (χ3v) is 3.47. The first-order chi connectivity index (χ1) is 10.6. The van der Waals surface area contributed by atoms with Gasteiger partial charge in [0.1, 0.15) is 0 Å². The monoisotopic (exact) mass is 304 g/mol. The van der Waals surface area contributed by atoms with E-state index in [0.29, 0.717) is 30.8 Å². The van der Waals surface area contributed by atoms with E-state index >= 15 is 0 Å². The third-order valence-electron chi connectivity index (χ3n) is 3.47. The SMILES string of the molecule is CC(C)Cc1nnc(C(C)N(CCO)Cc2cccnc2)o1. The third kappa shape index (κ3) is 4.61. The van der Waals surface area contributed by atoms with Crippen LogP contribution in [0, 0.1) is 5.92 Å². The largest absolute Gasteiger partial charge is 0.424 e. The Hall–Kier alpha value is -1.79. The second-order valence-electron chi connectivity index (χ2n) is 5.86. The van der Waals surface area contributed by atoms with Gasteiger partial charge in [-0.15, -0.1) is 10.2 Å². The Balaban J connectivity index is 2.08. The molecule has 0 radical (unpaired) electrons. The molecule has 0 fully saturated rings. The Morgan fingerprint density at radius 1 is 1.27 bits per heavy atom. The highest BCUT2D eigenvalue weighted by Gasteiger charge is 2.21. The van der Waals surface area contributed by atoms with Gasteiger partial charge in [0.25, 0.3) is 0 Å². The van der Waals surface area contributed by atoms with Crippen LogP contribution in [-0.2, 0) is 13.0 Å². The van der Waals surface area contributed by atoms with E-state index in [9.17, 15) is 5.11 Å². The molecule has 2 aromatic rings. The first-order valence-electron chi connectivity index (χ1n) is 7.66. The van der Waals surface area contributed by atoms with Crippen LogP contribution in [0.25, 0.3) is 0 Å². The van der Waals surface area contributed by atoms with Crippen LogP contribution in [0.2, 0.25) is 0 Å². The Labute approximate surface area is 131 Å². The zero-order chi connectivity index (χ0) is 15.9. The lowest BCUT2D eigenvalue weighted by Gasteiger charge is -2.25. The number of aromatic nitrogens is 3. The van der Waals surface area contributed by atoms with E-state index in [1.54, 1.807) is 6.20 Å². The van der Waals surface area contributed by atoms with Gasteiger partial charge in [-0.05, 0) is 24.5 Å². The molecule has 1 unspecified atom stereocenters. The number of hydrogen-bond acceptors (Lipinski definition) is 6. The van der Waals surface area contributed by atoms with Crippen LogP contribution in [0.15, 0.2) is 28.9 Å². The number of rotatable bonds is 8. The second-order valence-corrected chi connectivity index (χ2v) is 5.86. The molecule has 1 atom stereocenters. The maximum absolute atomic E-state index is 9.31. The normalized spacial score (nSPS) is 13.0. The number of hydrogen-bond donors (Lipinski definition) is 1. The molecule has 0 saturated carbocycles. The number of pyridine rings is 1.